The van der Waals surface area contributed by atoms with E-state index in [4.69, 9.17) is 0 Å². The molecular formula is C11H11F2NO. The predicted molar refractivity (Wildman–Crippen MR) is 52.9 cm³/mol. The number of nitrogens with zero attached hydrogens (tertiary/aromatic N) is 1. The number of hydrogen-bond acceptors (Lipinski definition) is 1. The molecule has 1 heterocycles. The minimum atomic E-state index is -0.552. The van der Waals surface area contributed by atoms with Crippen LogP contribution in [0, 0.1) is 5.82 Å². The van der Waals surface area contributed by atoms with Crippen LogP contribution in [0.3, 0.4) is 0 Å². The molecule has 0 aliphatic carbocycles. The number of halogens is 2. The average Bonchev–Trinajstić information content (AvgIpc) is 2.61. The SMILES string of the molecule is O=C1CC[C@H](CF)N1c1ccc(F)cc1. The molecule has 15 heavy (non-hydrogen) atoms. The fourth-order valence-corrected chi connectivity index (χ4v) is 1.85. The summed E-state index contributed by atoms with van der Waals surface area (Å²) < 4.78 is 25.3. The summed E-state index contributed by atoms with van der Waals surface area (Å²) in [5.74, 6) is -0.452. The number of carbonyl (C=O) groups excluding carboxylic acids is 1. The molecule has 2 rings (SSSR count). The third-order valence-corrected chi connectivity index (χ3v) is 2.61. The summed E-state index contributed by atoms with van der Waals surface area (Å²) in [6, 6.07) is 5.16. The number of carbonyl (C=O) groups is 1. The van der Waals surface area contributed by atoms with Gasteiger partial charge in [-0.2, -0.15) is 0 Å². The van der Waals surface area contributed by atoms with Crippen molar-refractivity contribution < 1.29 is 13.6 Å². The highest BCUT2D eigenvalue weighted by Crippen LogP contribution is 2.26. The Labute approximate surface area is 86.5 Å². The molecule has 1 aliphatic rings. The Balaban J connectivity index is 2.28. The van der Waals surface area contributed by atoms with Crippen molar-refractivity contribution in [3.8, 4) is 0 Å². The maximum Gasteiger partial charge on any atom is 0.227 e. The summed E-state index contributed by atoms with van der Waals surface area (Å²) in [6.07, 6.45) is 0.901. The van der Waals surface area contributed by atoms with Gasteiger partial charge in [-0.3, -0.25) is 4.79 Å². The summed E-state index contributed by atoms with van der Waals surface area (Å²) >= 11 is 0. The Morgan fingerprint density at radius 1 is 1.33 bits per heavy atom. The van der Waals surface area contributed by atoms with Gasteiger partial charge in [0.15, 0.2) is 0 Å². The molecule has 1 aromatic rings. The Hall–Kier alpha value is -1.45. The summed E-state index contributed by atoms with van der Waals surface area (Å²) in [5.41, 5.74) is 0.571. The molecule has 80 valence electrons. The number of rotatable bonds is 2. The highest BCUT2D eigenvalue weighted by molar-refractivity contribution is 5.96. The number of benzene rings is 1. The molecule has 0 radical (unpaired) electrons. The molecule has 1 fully saturated rings. The van der Waals surface area contributed by atoms with E-state index in [1.165, 1.54) is 29.2 Å². The van der Waals surface area contributed by atoms with Gasteiger partial charge in [0.1, 0.15) is 12.5 Å². The highest BCUT2D eigenvalue weighted by atomic mass is 19.1. The van der Waals surface area contributed by atoms with E-state index in [2.05, 4.69) is 0 Å². The third kappa shape index (κ3) is 1.84. The molecule has 0 unspecified atom stereocenters. The van der Waals surface area contributed by atoms with Gasteiger partial charge in [-0.25, -0.2) is 8.78 Å². The topological polar surface area (TPSA) is 20.3 Å². The van der Waals surface area contributed by atoms with Gasteiger partial charge >= 0.3 is 0 Å². The Morgan fingerprint density at radius 3 is 2.60 bits per heavy atom. The molecule has 1 aromatic carbocycles. The molecule has 4 heteroatoms. The van der Waals surface area contributed by atoms with Gasteiger partial charge in [-0.05, 0) is 30.7 Å². The Bertz CT molecular complexity index is 363. The zero-order valence-electron chi connectivity index (χ0n) is 8.12. The van der Waals surface area contributed by atoms with Gasteiger partial charge in [-0.1, -0.05) is 0 Å². The van der Waals surface area contributed by atoms with Crippen LogP contribution in [0.1, 0.15) is 12.8 Å². The zero-order valence-corrected chi connectivity index (χ0v) is 8.12. The van der Waals surface area contributed by atoms with Gasteiger partial charge in [0.05, 0.1) is 6.04 Å². The summed E-state index contributed by atoms with van der Waals surface area (Å²) in [4.78, 5) is 12.9. The van der Waals surface area contributed by atoms with E-state index in [0.29, 0.717) is 18.5 Å². The maximum atomic E-state index is 12.7. The van der Waals surface area contributed by atoms with Crippen molar-refractivity contribution in [1.82, 2.24) is 0 Å². The van der Waals surface area contributed by atoms with Crippen molar-refractivity contribution in [3.05, 3.63) is 30.1 Å². The lowest BCUT2D eigenvalue weighted by molar-refractivity contribution is -0.117. The standard InChI is InChI=1S/C11H11F2NO/c12-7-10-5-6-11(15)14(10)9-3-1-8(13)2-4-9/h1-4,10H,5-7H2/t10-/m1/s1. The maximum absolute atomic E-state index is 12.7. The molecule has 0 spiro atoms. The molecular weight excluding hydrogens is 200 g/mol. The minimum Gasteiger partial charge on any atom is -0.307 e. The van der Waals surface area contributed by atoms with Crippen molar-refractivity contribution in [2.75, 3.05) is 11.6 Å². The van der Waals surface area contributed by atoms with Gasteiger partial charge < -0.3 is 4.90 Å². The predicted octanol–water partition coefficient (Wildman–Crippen LogP) is 2.29. The fraction of sp³-hybridized carbons (Fsp3) is 0.364. The van der Waals surface area contributed by atoms with Crippen LogP contribution in [-0.2, 0) is 4.79 Å². The van der Waals surface area contributed by atoms with Crippen LogP contribution in [0.15, 0.2) is 24.3 Å². The van der Waals surface area contributed by atoms with Gasteiger partial charge in [0, 0.05) is 12.1 Å². The van der Waals surface area contributed by atoms with E-state index >= 15 is 0 Å². The quantitative estimate of drug-likeness (QED) is 0.735. The van der Waals surface area contributed by atoms with E-state index in [1.807, 2.05) is 0 Å². The van der Waals surface area contributed by atoms with Crippen LogP contribution in [0.5, 0.6) is 0 Å². The average molecular weight is 211 g/mol. The Kier molecular flexibility index (Phi) is 2.66. The second-order valence-electron chi connectivity index (χ2n) is 3.59. The number of hydrogen-bond donors (Lipinski definition) is 0. The van der Waals surface area contributed by atoms with Crippen molar-refractivity contribution in [3.63, 3.8) is 0 Å². The van der Waals surface area contributed by atoms with Crippen LogP contribution in [0.25, 0.3) is 0 Å². The summed E-state index contributed by atoms with van der Waals surface area (Å²) in [6.45, 7) is -0.552. The third-order valence-electron chi connectivity index (χ3n) is 2.61. The van der Waals surface area contributed by atoms with Gasteiger partial charge in [-0.15, -0.1) is 0 Å². The smallest absolute Gasteiger partial charge is 0.227 e. The van der Waals surface area contributed by atoms with Crippen LogP contribution >= 0.6 is 0 Å². The zero-order chi connectivity index (χ0) is 10.8. The molecule has 1 amide bonds. The first kappa shape index (κ1) is 10.1. The van der Waals surface area contributed by atoms with Crippen LogP contribution in [0.4, 0.5) is 14.5 Å². The molecule has 1 atom stereocenters. The van der Waals surface area contributed by atoms with E-state index in [9.17, 15) is 13.6 Å². The second kappa shape index (κ2) is 3.96. The monoisotopic (exact) mass is 211 g/mol. The van der Waals surface area contributed by atoms with Crippen LogP contribution < -0.4 is 4.90 Å². The lowest BCUT2D eigenvalue weighted by atomic mass is 10.2. The van der Waals surface area contributed by atoms with Crippen LogP contribution in [0.2, 0.25) is 0 Å². The van der Waals surface area contributed by atoms with Crippen molar-refractivity contribution in [1.29, 1.82) is 0 Å². The molecule has 0 saturated carbocycles. The van der Waals surface area contributed by atoms with E-state index in [-0.39, 0.29) is 17.8 Å². The minimum absolute atomic E-state index is 0.0933. The van der Waals surface area contributed by atoms with E-state index in [0.717, 1.165) is 0 Å². The van der Waals surface area contributed by atoms with Crippen LogP contribution in [-0.4, -0.2) is 18.6 Å². The largest absolute Gasteiger partial charge is 0.307 e. The van der Waals surface area contributed by atoms with E-state index < -0.39 is 6.67 Å². The lowest BCUT2D eigenvalue weighted by Gasteiger charge is -2.22. The van der Waals surface area contributed by atoms with Gasteiger partial charge in [0.2, 0.25) is 5.91 Å². The molecule has 1 aliphatic heterocycles. The van der Waals surface area contributed by atoms with Crippen molar-refractivity contribution in [2.45, 2.75) is 18.9 Å². The first-order valence-electron chi connectivity index (χ1n) is 4.86. The number of amides is 1. The molecule has 0 N–H and O–H groups in total. The Morgan fingerprint density at radius 2 is 2.00 bits per heavy atom. The molecule has 2 nitrogen and oxygen atoms in total. The molecule has 1 saturated heterocycles. The number of anilines is 1. The number of alkyl halides is 1. The van der Waals surface area contributed by atoms with Gasteiger partial charge in [0.25, 0.3) is 0 Å². The second-order valence-corrected chi connectivity index (χ2v) is 3.59. The summed E-state index contributed by atoms with van der Waals surface area (Å²) in [7, 11) is 0. The fourth-order valence-electron chi connectivity index (χ4n) is 1.85. The molecule has 0 aromatic heterocycles. The van der Waals surface area contributed by atoms with Crippen molar-refractivity contribution in [2.24, 2.45) is 0 Å². The lowest BCUT2D eigenvalue weighted by Crippen LogP contribution is -2.34. The summed E-state index contributed by atoms with van der Waals surface area (Å²) in [5, 5.41) is 0. The highest BCUT2D eigenvalue weighted by Gasteiger charge is 2.31. The molecule has 0 bridgehead atoms. The van der Waals surface area contributed by atoms with Crippen molar-refractivity contribution >= 4 is 11.6 Å². The van der Waals surface area contributed by atoms with E-state index in [1.54, 1.807) is 0 Å². The first-order valence-corrected chi connectivity index (χ1v) is 4.86. The first-order chi connectivity index (χ1) is 7.22. The normalized spacial score (nSPS) is 21.1.